The molecule has 7 heteroatoms. The van der Waals surface area contributed by atoms with Gasteiger partial charge in [0.25, 0.3) is 0 Å². The number of carbonyl (C=O) groups excluding carboxylic acids is 1. The van der Waals surface area contributed by atoms with Crippen LogP contribution in [0.2, 0.25) is 0 Å². The van der Waals surface area contributed by atoms with E-state index in [1.54, 1.807) is 21.7 Å². The SMILES string of the molecule is Cc1ccn(CCC(=O)N2C[C@@H](O)[C@H](Oc3cccc(F)c3)C2)n1. The summed E-state index contributed by atoms with van der Waals surface area (Å²) in [4.78, 5) is 13.9. The van der Waals surface area contributed by atoms with Gasteiger partial charge in [0.05, 0.1) is 18.8 Å². The first kappa shape index (κ1) is 16.4. The number of amides is 1. The first-order valence-electron chi connectivity index (χ1n) is 7.89. The van der Waals surface area contributed by atoms with E-state index < -0.39 is 18.0 Å². The quantitative estimate of drug-likeness (QED) is 0.897. The Morgan fingerprint density at radius 1 is 1.42 bits per heavy atom. The Balaban J connectivity index is 1.53. The maximum absolute atomic E-state index is 13.2. The summed E-state index contributed by atoms with van der Waals surface area (Å²) < 4.78 is 20.5. The summed E-state index contributed by atoms with van der Waals surface area (Å²) in [5.74, 6) is -0.115. The van der Waals surface area contributed by atoms with E-state index in [9.17, 15) is 14.3 Å². The van der Waals surface area contributed by atoms with Gasteiger partial charge in [-0.1, -0.05) is 6.07 Å². The number of benzene rings is 1. The van der Waals surface area contributed by atoms with Crippen LogP contribution < -0.4 is 4.74 Å². The molecule has 0 radical (unpaired) electrons. The number of carbonyl (C=O) groups is 1. The molecule has 0 spiro atoms. The van der Waals surface area contributed by atoms with Gasteiger partial charge in [-0.3, -0.25) is 9.48 Å². The average molecular weight is 333 g/mol. The lowest BCUT2D eigenvalue weighted by Crippen LogP contribution is -2.31. The summed E-state index contributed by atoms with van der Waals surface area (Å²) in [7, 11) is 0. The number of hydrogen-bond acceptors (Lipinski definition) is 4. The Labute approximate surface area is 139 Å². The fourth-order valence-electron chi connectivity index (χ4n) is 2.75. The zero-order chi connectivity index (χ0) is 17.1. The summed E-state index contributed by atoms with van der Waals surface area (Å²) in [5, 5.41) is 14.3. The number of likely N-dealkylation sites (tertiary alicyclic amines) is 1. The van der Waals surface area contributed by atoms with Crippen molar-refractivity contribution in [3.8, 4) is 5.75 Å². The Bertz CT molecular complexity index is 719. The van der Waals surface area contributed by atoms with Crippen molar-refractivity contribution in [2.45, 2.75) is 32.1 Å². The number of rotatable bonds is 5. The molecule has 0 aliphatic carbocycles. The Morgan fingerprint density at radius 2 is 2.25 bits per heavy atom. The monoisotopic (exact) mass is 333 g/mol. The lowest BCUT2D eigenvalue weighted by Gasteiger charge is -2.17. The van der Waals surface area contributed by atoms with Crippen molar-refractivity contribution in [1.82, 2.24) is 14.7 Å². The van der Waals surface area contributed by atoms with Gasteiger partial charge >= 0.3 is 0 Å². The second-order valence-corrected chi connectivity index (χ2v) is 5.95. The Kier molecular flexibility index (Phi) is 4.80. The van der Waals surface area contributed by atoms with Gasteiger partial charge in [-0.25, -0.2) is 4.39 Å². The molecule has 2 aromatic rings. The van der Waals surface area contributed by atoms with Crippen LogP contribution in [-0.2, 0) is 11.3 Å². The van der Waals surface area contributed by atoms with Crippen molar-refractivity contribution in [3.63, 3.8) is 0 Å². The van der Waals surface area contributed by atoms with Crippen LogP contribution in [0.5, 0.6) is 5.75 Å². The molecule has 0 bridgehead atoms. The van der Waals surface area contributed by atoms with Crippen LogP contribution in [0.25, 0.3) is 0 Å². The van der Waals surface area contributed by atoms with E-state index in [1.807, 2.05) is 19.2 Å². The molecular formula is C17H20FN3O3. The highest BCUT2D eigenvalue weighted by Gasteiger charge is 2.35. The van der Waals surface area contributed by atoms with Crippen molar-refractivity contribution >= 4 is 5.91 Å². The molecule has 24 heavy (non-hydrogen) atoms. The third kappa shape index (κ3) is 3.91. The molecule has 128 valence electrons. The highest BCUT2D eigenvalue weighted by Crippen LogP contribution is 2.20. The van der Waals surface area contributed by atoms with Gasteiger partial charge in [0.1, 0.15) is 23.8 Å². The van der Waals surface area contributed by atoms with Crippen LogP contribution in [0.1, 0.15) is 12.1 Å². The van der Waals surface area contributed by atoms with Crippen molar-refractivity contribution < 1.29 is 19.0 Å². The second-order valence-electron chi connectivity index (χ2n) is 5.95. The molecule has 0 unspecified atom stereocenters. The van der Waals surface area contributed by atoms with Gasteiger partial charge in [0.2, 0.25) is 5.91 Å². The highest BCUT2D eigenvalue weighted by atomic mass is 19.1. The molecule has 2 heterocycles. The minimum Gasteiger partial charge on any atom is -0.486 e. The van der Waals surface area contributed by atoms with E-state index in [0.717, 1.165) is 5.69 Å². The summed E-state index contributed by atoms with van der Waals surface area (Å²) in [6.07, 6.45) is 0.796. The molecule has 0 saturated carbocycles. The number of aliphatic hydroxyl groups is 1. The topological polar surface area (TPSA) is 67.6 Å². The van der Waals surface area contributed by atoms with Crippen molar-refractivity contribution in [2.24, 2.45) is 0 Å². The molecule has 1 amide bonds. The second kappa shape index (κ2) is 7.00. The molecule has 1 N–H and O–H groups in total. The molecule has 1 aromatic heterocycles. The van der Waals surface area contributed by atoms with Crippen molar-refractivity contribution in [3.05, 3.63) is 48.0 Å². The third-order valence-corrected chi connectivity index (χ3v) is 4.00. The number of hydrogen-bond donors (Lipinski definition) is 1. The number of ether oxygens (including phenoxy) is 1. The lowest BCUT2D eigenvalue weighted by molar-refractivity contribution is -0.130. The third-order valence-electron chi connectivity index (χ3n) is 4.00. The van der Waals surface area contributed by atoms with Crippen LogP contribution in [0.3, 0.4) is 0 Å². The molecule has 1 aromatic carbocycles. The van der Waals surface area contributed by atoms with E-state index in [-0.39, 0.29) is 19.0 Å². The van der Waals surface area contributed by atoms with Gasteiger partial charge in [-0.05, 0) is 25.1 Å². The van der Waals surface area contributed by atoms with Gasteiger partial charge in [-0.2, -0.15) is 5.10 Å². The molecular weight excluding hydrogens is 313 g/mol. The largest absolute Gasteiger partial charge is 0.486 e. The standard InChI is InChI=1S/C17H20FN3O3/c1-12-5-7-21(19-12)8-6-17(23)20-10-15(22)16(11-20)24-14-4-2-3-13(18)9-14/h2-5,7,9,15-16,22H,6,8,10-11H2,1H3/t15-,16-/m1/s1. The normalized spacial score (nSPS) is 20.4. The first-order chi connectivity index (χ1) is 11.5. The van der Waals surface area contributed by atoms with Crippen LogP contribution in [0.4, 0.5) is 4.39 Å². The number of nitrogens with zero attached hydrogens (tertiary/aromatic N) is 3. The zero-order valence-electron chi connectivity index (χ0n) is 13.4. The van der Waals surface area contributed by atoms with E-state index in [1.165, 1.54) is 12.1 Å². The van der Waals surface area contributed by atoms with E-state index in [2.05, 4.69) is 5.10 Å². The van der Waals surface area contributed by atoms with Gasteiger partial charge in [-0.15, -0.1) is 0 Å². The maximum atomic E-state index is 13.2. The zero-order valence-corrected chi connectivity index (χ0v) is 13.4. The minimum atomic E-state index is -0.788. The molecule has 2 atom stereocenters. The number of aromatic nitrogens is 2. The van der Waals surface area contributed by atoms with Gasteiger partial charge in [0.15, 0.2) is 0 Å². The molecule has 1 fully saturated rings. The summed E-state index contributed by atoms with van der Waals surface area (Å²) >= 11 is 0. The molecule has 1 aliphatic rings. The molecule has 6 nitrogen and oxygen atoms in total. The summed E-state index contributed by atoms with van der Waals surface area (Å²) in [5.41, 5.74) is 0.905. The smallest absolute Gasteiger partial charge is 0.224 e. The number of halogens is 1. The highest BCUT2D eigenvalue weighted by molar-refractivity contribution is 5.76. The van der Waals surface area contributed by atoms with E-state index in [0.29, 0.717) is 18.7 Å². The fourth-order valence-corrected chi connectivity index (χ4v) is 2.75. The van der Waals surface area contributed by atoms with E-state index >= 15 is 0 Å². The molecule has 1 saturated heterocycles. The predicted molar refractivity (Wildman–Crippen MR) is 85.0 cm³/mol. The first-order valence-corrected chi connectivity index (χ1v) is 7.89. The van der Waals surface area contributed by atoms with E-state index in [4.69, 9.17) is 4.74 Å². The van der Waals surface area contributed by atoms with Crippen molar-refractivity contribution in [1.29, 1.82) is 0 Å². The van der Waals surface area contributed by atoms with Gasteiger partial charge in [0, 0.05) is 25.2 Å². The van der Waals surface area contributed by atoms with Crippen molar-refractivity contribution in [2.75, 3.05) is 13.1 Å². The maximum Gasteiger partial charge on any atom is 0.224 e. The summed E-state index contributed by atoms with van der Waals surface area (Å²) in [6, 6.07) is 7.64. The lowest BCUT2D eigenvalue weighted by atomic mass is 10.2. The van der Waals surface area contributed by atoms with Crippen LogP contribution >= 0.6 is 0 Å². The van der Waals surface area contributed by atoms with Crippen LogP contribution in [0, 0.1) is 12.7 Å². The molecule has 1 aliphatic heterocycles. The average Bonchev–Trinajstić information content (AvgIpc) is 3.11. The summed E-state index contributed by atoms with van der Waals surface area (Å²) in [6.45, 7) is 2.89. The Morgan fingerprint density at radius 3 is 2.96 bits per heavy atom. The van der Waals surface area contributed by atoms with Crippen LogP contribution in [0.15, 0.2) is 36.5 Å². The van der Waals surface area contributed by atoms with Crippen LogP contribution in [-0.4, -0.2) is 51.0 Å². The number of β-amino-alcohol motifs (C(OH)–C–C–N with tert-alkyl or cyclic N) is 1. The predicted octanol–water partition coefficient (Wildman–Crippen LogP) is 1.37. The molecule has 3 rings (SSSR count). The Hall–Kier alpha value is -2.41. The number of aliphatic hydroxyl groups excluding tert-OH is 1. The van der Waals surface area contributed by atoms with Gasteiger partial charge < -0.3 is 14.7 Å². The fraction of sp³-hybridized carbons (Fsp3) is 0.412. The number of aryl methyl sites for hydroxylation is 2. The minimum absolute atomic E-state index is 0.0625.